The molecule has 3 heterocycles. The van der Waals surface area contributed by atoms with Crippen LogP contribution in [0, 0.1) is 17.2 Å². The first kappa shape index (κ1) is 15.6. The van der Waals surface area contributed by atoms with Gasteiger partial charge in [-0.25, -0.2) is 14.6 Å². The van der Waals surface area contributed by atoms with E-state index in [2.05, 4.69) is 26.1 Å². The molecular formula is C17H18N6O2. The molecule has 3 N–H and O–H groups in total. The lowest BCUT2D eigenvalue weighted by Crippen LogP contribution is -2.40. The molecule has 4 rings (SSSR count). The fourth-order valence-electron chi connectivity index (χ4n) is 3.74. The molecule has 25 heavy (non-hydrogen) atoms. The van der Waals surface area contributed by atoms with Crippen LogP contribution in [0.2, 0.25) is 0 Å². The van der Waals surface area contributed by atoms with E-state index >= 15 is 0 Å². The Bertz CT molecular complexity index is 950. The van der Waals surface area contributed by atoms with Crippen molar-refractivity contribution in [1.29, 1.82) is 5.26 Å². The van der Waals surface area contributed by atoms with Crippen molar-refractivity contribution < 1.29 is 10.2 Å². The van der Waals surface area contributed by atoms with Gasteiger partial charge in [0.1, 0.15) is 17.7 Å². The molecule has 0 spiro atoms. The summed E-state index contributed by atoms with van der Waals surface area (Å²) in [7, 11) is 0. The molecule has 0 aliphatic heterocycles. The van der Waals surface area contributed by atoms with Crippen LogP contribution in [-0.4, -0.2) is 34.9 Å². The molecule has 1 aliphatic carbocycles. The van der Waals surface area contributed by atoms with Crippen LogP contribution in [0.5, 0.6) is 5.75 Å². The minimum atomic E-state index is -1.32. The van der Waals surface area contributed by atoms with Crippen LogP contribution in [-0.2, 0) is 5.72 Å². The molecule has 3 aromatic rings. The normalized spacial score (nSPS) is 17.6. The van der Waals surface area contributed by atoms with Gasteiger partial charge in [0.15, 0.2) is 5.72 Å². The molecule has 0 radical (unpaired) electrons. The summed E-state index contributed by atoms with van der Waals surface area (Å²) in [6.07, 6.45) is 9.98. The van der Waals surface area contributed by atoms with Crippen molar-refractivity contribution in [2.45, 2.75) is 37.8 Å². The summed E-state index contributed by atoms with van der Waals surface area (Å²) in [5, 5.41) is 35.2. The first-order chi connectivity index (χ1) is 12.1. The van der Waals surface area contributed by atoms with Crippen LogP contribution in [0.1, 0.15) is 32.1 Å². The van der Waals surface area contributed by atoms with Crippen LogP contribution in [0.4, 0.5) is 0 Å². The number of hydrogen-bond donors (Lipinski definition) is 3. The number of aromatic amines is 1. The number of hydrogen-bond acceptors (Lipinski definition) is 6. The zero-order valence-corrected chi connectivity index (χ0v) is 13.6. The number of nitrogens with zero attached hydrogens (tertiary/aromatic N) is 5. The summed E-state index contributed by atoms with van der Waals surface area (Å²) in [5.74, 6) is 0.0624. The van der Waals surface area contributed by atoms with Crippen LogP contribution >= 0.6 is 0 Å². The highest BCUT2D eigenvalue weighted by Crippen LogP contribution is 2.40. The number of aromatic nitrogens is 5. The average molecular weight is 338 g/mol. The fraction of sp³-hybridized carbons (Fsp3) is 0.412. The standard InChI is InChI=1S/C17H18N6O2/c18-6-5-17(25,12-3-1-2-4-12)23-9-11(7-22-23)15-14-13(24)8-19-16(14)21-10-20-15/h7-10,12,24-25H,1-5H2,(H,19,20,21). The fourth-order valence-corrected chi connectivity index (χ4v) is 3.74. The van der Waals surface area contributed by atoms with Crippen LogP contribution in [0.25, 0.3) is 22.3 Å². The molecule has 0 amide bonds. The molecule has 3 aromatic heterocycles. The number of nitriles is 1. The Kier molecular flexibility index (Phi) is 3.66. The minimum Gasteiger partial charge on any atom is -0.506 e. The number of H-pyrrole nitrogens is 1. The van der Waals surface area contributed by atoms with Gasteiger partial charge >= 0.3 is 0 Å². The van der Waals surface area contributed by atoms with Crippen molar-refractivity contribution in [1.82, 2.24) is 24.7 Å². The number of nitrogens with one attached hydrogen (secondary N) is 1. The summed E-state index contributed by atoms with van der Waals surface area (Å²) in [6, 6.07) is 2.09. The Hall–Kier alpha value is -2.92. The number of aromatic hydroxyl groups is 1. The maximum atomic E-state index is 11.2. The van der Waals surface area contributed by atoms with Crippen molar-refractivity contribution in [3.05, 3.63) is 24.9 Å². The zero-order valence-electron chi connectivity index (χ0n) is 13.6. The van der Waals surface area contributed by atoms with Crippen molar-refractivity contribution >= 4 is 11.0 Å². The predicted octanol–water partition coefficient (Wildman–Crippen LogP) is 2.28. The van der Waals surface area contributed by atoms with Gasteiger partial charge in [0, 0.05) is 23.9 Å². The summed E-state index contributed by atoms with van der Waals surface area (Å²) < 4.78 is 1.47. The molecular weight excluding hydrogens is 320 g/mol. The Balaban J connectivity index is 1.78. The van der Waals surface area contributed by atoms with E-state index in [0.29, 0.717) is 22.3 Å². The Morgan fingerprint density at radius 1 is 1.36 bits per heavy atom. The lowest BCUT2D eigenvalue weighted by atomic mass is 9.91. The quantitative estimate of drug-likeness (QED) is 0.670. The van der Waals surface area contributed by atoms with Gasteiger partial charge in [-0.15, -0.1) is 0 Å². The molecule has 1 atom stereocenters. The van der Waals surface area contributed by atoms with Gasteiger partial charge in [-0.3, -0.25) is 0 Å². The molecule has 1 aliphatic rings. The SMILES string of the molecule is N#CCC(O)(C1CCCC1)n1cc(-c2ncnc3[nH]cc(O)c23)cn1. The Morgan fingerprint density at radius 2 is 2.16 bits per heavy atom. The second kappa shape index (κ2) is 5.86. The van der Waals surface area contributed by atoms with Crippen molar-refractivity contribution in [3.63, 3.8) is 0 Å². The molecule has 0 aromatic carbocycles. The van der Waals surface area contributed by atoms with Crippen LogP contribution < -0.4 is 0 Å². The van der Waals surface area contributed by atoms with Gasteiger partial charge in [0.05, 0.1) is 29.8 Å². The van der Waals surface area contributed by atoms with Gasteiger partial charge < -0.3 is 15.2 Å². The van der Waals surface area contributed by atoms with E-state index in [1.54, 1.807) is 12.4 Å². The van der Waals surface area contributed by atoms with Gasteiger partial charge in [-0.1, -0.05) is 12.8 Å². The highest BCUT2D eigenvalue weighted by Gasteiger charge is 2.41. The van der Waals surface area contributed by atoms with E-state index < -0.39 is 5.72 Å². The molecule has 8 heteroatoms. The largest absolute Gasteiger partial charge is 0.506 e. The summed E-state index contributed by atoms with van der Waals surface area (Å²) >= 11 is 0. The van der Waals surface area contributed by atoms with E-state index in [9.17, 15) is 15.5 Å². The van der Waals surface area contributed by atoms with Gasteiger partial charge in [0.2, 0.25) is 0 Å². The van der Waals surface area contributed by atoms with E-state index in [0.717, 1.165) is 25.7 Å². The van der Waals surface area contributed by atoms with Crippen molar-refractivity contribution in [3.8, 4) is 23.1 Å². The lowest BCUT2D eigenvalue weighted by Gasteiger charge is -2.32. The van der Waals surface area contributed by atoms with E-state index in [4.69, 9.17) is 0 Å². The third-order valence-corrected chi connectivity index (χ3v) is 5.05. The maximum Gasteiger partial charge on any atom is 0.173 e. The monoisotopic (exact) mass is 338 g/mol. The van der Waals surface area contributed by atoms with Crippen LogP contribution in [0.3, 0.4) is 0 Å². The Labute approximate surface area is 143 Å². The summed E-state index contributed by atoms with van der Waals surface area (Å²) in [5.41, 5.74) is 0.381. The van der Waals surface area contributed by atoms with E-state index in [-0.39, 0.29) is 18.1 Å². The number of aliphatic hydroxyl groups is 1. The number of fused-ring (bicyclic) bond motifs is 1. The molecule has 1 unspecified atom stereocenters. The first-order valence-electron chi connectivity index (χ1n) is 8.29. The maximum absolute atomic E-state index is 11.2. The molecule has 8 nitrogen and oxygen atoms in total. The van der Waals surface area contributed by atoms with Crippen LogP contribution in [0.15, 0.2) is 24.9 Å². The molecule has 0 saturated heterocycles. The second-order valence-corrected chi connectivity index (χ2v) is 6.49. The minimum absolute atomic E-state index is 0.00554. The number of rotatable bonds is 4. The highest BCUT2D eigenvalue weighted by molar-refractivity contribution is 5.95. The average Bonchev–Trinajstić information content (AvgIpc) is 3.36. The topological polar surface area (TPSA) is 124 Å². The third kappa shape index (κ3) is 2.44. The van der Waals surface area contributed by atoms with E-state index in [1.165, 1.54) is 17.2 Å². The van der Waals surface area contributed by atoms with E-state index in [1.807, 2.05) is 0 Å². The zero-order chi connectivity index (χ0) is 17.4. The Morgan fingerprint density at radius 3 is 2.92 bits per heavy atom. The molecule has 1 saturated carbocycles. The van der Waals surface area contributed by atoms with Crippen molar-refractivity contribution in [2.75, 3.05) is 0 Å². The van der Waals surface area contributed by atoms with Gasteiger partial charge in [-0.05, 0) is 12.8 Å². The molecule has 128 valence electrons. The van der Waals surface area contributed by atoms with Crippen molar-refractivity contribution in [2.24, 2.45) is 5.92 Å². The van der Waals surface area contributed by atoms with Gasteiger partial charge in [0.25, 0.3) is 0 Å². The summed E-state index contributed by atoms with van der Waals surface area (Å²) in [4.78, 5) is 11.2. The smallest absolute Gasteiger partial charge is 0.173 e. The predicted molar refractivity (Wildman–Crippen MR) is 89.2 cm³/mol. The third-order valence-electron chi connectivity index (χ3n) is 5.05. The first-order valence-corrected chi connectivity index (χ1v) is 8.29. The lowest BCUT2D eigenvalue weighted by molar-refractivity contribution is -0.0959. The molecule has 0 bridgehead atoms. The second-order valence-electron chi connectivity index (χ2n) is 6.49. The summed E-state index contributed by atoms with van der Waals surface area (Å²) in [6.45, 7) is 0. The highest BCUT2D eigenvalue weighted by atomic mass is 16.3. The molecule has 1 fully saturated rings. The van der Waals surface area contributed by atoms with Gasteiger partial charge in [-0.2, -0.15) is 10.4 Å².